The first-order chi connectivity index (χ1) is 6.77. The van der Waals surface area contributed by atoms with Crippen LogP contribution in [-0.2, 0) is 9.53 Å². The summed E-state index contributed by atoms with van der Waals surface area (Å²) in [6.45, 7) is 2.69. The molecule has 14 heavy (non-hydrogen) atoms. The maximum atomic E-state index is 11.1. The van der Waals surface area contributed by atoms with Gasteiger partial charge in [-0.25, -0.2) is 0 Å². The van der Waals surface area contributed by atoms with Gasteiger partial charge in [0.25, 0.3) is 0 Å². The van der Waals surface area contributed by atoms with E-state index in [9.17, 15) is 4.79 Å². The Bertz CT molecular complexity index is 352. The van der Waals surface area contributed by atoms with Crippen LogP contribution in [0.2, 0.25) is 0 Å². The Morgan fingerprint density at radius 3 is 3.21 bits per heavy atom. The first-order valence-corrected chi connectivity index (χ1v) is 4.55. The van der Waals surface area contributed by atoms with Crippen LogP contribution in [0.4, 0.5) is 0 Å². The predicted octanol–water partition coefficient (Wildman–Crippen LogP) is 0.578. The van der Waals surface area contributed by atoms with Crippen LogP contribution in [0.15, 0.2) is 18.5 Å². The van der Waals surface area contributed by atoms with E-state index in [0.717, 1.165) is 11.1 Å². The van der Waals surface area contributed by atoms with Crippen LogP contribution >= 0.6 is 0 Å². The molecular formula is C10H12N2O2. The lowest BCUT2D eigenvalue weighted by atomic mass is 10.0. The number of aryl methyl sites for hydroxylation is 1. The van der Waals surface area contributed by atoms with Gasteiger partial charge in [-0.05, 0) is 24.1 Å². The van der Waals surface area contributed by atoms with Crippen molar-refractivity contribution in [1.29, 1.82) is 0 Å². The van der Waals surface area contributed by atoms with Crippen LogP contribution in [0.1, 0.15) is 17.2 Å². The Balaban J connectivity index is 2.22. The van der Waals surface area contributed by atoms with Crippen LogP contribution in [0, 0.1) is 6.92 Å². The summed E-state index contributed by atoms with van der Waals surface area (Å²) >= 11 is 0. The number of nitrogens with zero attached hydrogens (tertiary/aromatic N) is 1. The number of aromatic nitrogens is 1. The molecule has 1 aliphatic rings. The number of morpholine rings is 1. The third kappa shape index (κ3) is 1.75. The zero-order valence-corrected chi connectivity index (χ0v) is 7.99. The minimum Gasteiger partial charge on any atom is -0.369 e. The quantitative estimate of drug-likeness (QED) is 0.708. The number of amides is 1. The summed E-state index contributed by atoms with van der Waals surface area (Å²) in [7, 11) is 0. The molecule has 0 spiro atoms. The van der Waals surface area contributed by atoms with E-state index in [0.29, 0.717) is 6.61 Å². The maximum Gasteiger partial charge on any atom is 0.246 e. The lowest BCUT2D eigenvalue weighted by Gasteiger charge is -2.24. The Hall–Kier alpha value is -1.42. The average molecular weight is 192 g/mol. The minimum absolute atomic E-state index is 0.0510. The van der Waals surface area contributed by atoms with Gasteiger partial charge >= 0.3 is 0 Å². The molecule has 4 heteroatoms. The van der Waals surface area contributed by atoms with Gasteiger partial charge in [0.05, 0.1) is 12.6 Å². The predicted molar refractivity (Wildman–Crippen MR) is 50.7 cm³/mol. The van der Waals surface area contributed by atoms with Crippen LogP contribution in [-0.4, -0.2) is 24.1 Å². The molecule has 0 unspecified atom stereocenters. The first kappa shape index (κ1) is 9.15. The van der Waals surface area contributed by atoms with E-state index in [4.69, 9.17) is 4.74 Å². The highest BCUT2D eigenvalue weighted by atomic mass is 16.5. The van der Waals surface area contributed by atoms with Gasteiger partial charge in [0.15, 0.2) is 0 Å². The molecule has 1 amide bonds. The third-order valence-electron chi connectivity index (χ3n) is 2.31. The molecule has 1 N–H and O–H groups in total. The molecule has 1 atom stereocenters. The zero-order valence-electron chi connectivity index (χ0n) is 7.99. The van der Waals surface area contributed by atoms with E-state index in [2.05, 4.69) is 10.3 Å². The number of pyridine rings is 1. The summed E-state index contributed by atoms with van der Waals surface area (Å²) in [5.74, 6) is -0.0653. The lowest BCUT2D eigenvalue weighted by Crippen LogP contribution is -2.40. The van der Waals surface area contributed by atoms with E-state index in [1.807, 2.05) is 13.0 Å². The highest BCUT2D eigenvalue weighted by Gasteiger charge is 2.21. The number of nitrogens with one attached hydrogen (secondary N) is 1. The number of ether oxygens (including phenoxy) is 1. The maximum absolute atomic E-state index is 11.1. The molecule has 1 aromatic rings. The SMILES string of the molecule is Cc1ccncc1[C@H]1COCC(=O)N1. The summed E-state index contributed by atoms with van der Waals surface area (Å²) in [6, 6.07) is 1.88. The molecule has 0 radical (unpaired) electrons. The van der Waals surface area contributed by atoms with Crippen LogP contribution in [0.3, 0.4) is 0 Å². The van der Waals surface area contributed by atoms with Gasteiger partial charge in [-0.2, -0.15) is 0 Å². The number of hydrogen-bond donors (Lipinski definition) is 1. The molecule has 0 aliphatic carbocycles. The molecule has 0 bridgehead atoms. The zero-order chi connectivity index (χ0) is 9.97. The Morgan fingerprint density at radius 1 is 1.64 bits per heavy atom. The molecular weight excluding hydrogens is 180 g/mol. The molecule has 1 saturated heterocycles. The van der Waals surface area contributed by atoms with Crippen molar-refractivity contribution in [2.24, 2.45) is 0 Å². The van der Waals surface area contributed by atoms with Gasteiger partial charge in [0.2, 0.25) is 5.91 Å². The van der Waals surface area contributed by atoms with Crippen molar-refractivity contribution in [3.63, 3.8) is 0 Å². The molecule has 1 fully saturated rings. The van der Waals surface area contributed by atoms with Crippen LogP contribution in [0.5, 0.6) is 0 Å². The van der Waals surface area contributed by atoms with E-state index in [-0.39, 0.29) is 18.6 Å². The molecule has 2 rings (SSSR count). The Kier molecular flexibility index (Phi) is 2.45. The summed E-state index contributed by atoms with van der Waals surface area (Å²) < 4.78 is 5.16. The fraction of sp³-hybridized carbons (Fsp3) is 0.400. The standard InChI is InChI=1S/C10H12N2O2/c1-7-2-3-11-4-8(7)9-5-14-6-10(13)12-9/h2-4,9H,5-6H2,1H3,(H,12,13)/t9-/m1/s1. The highest BCUT2D eigenvalue weighted by Crippen LogP contribution is 2.18. The fourth-order valence-electron chi connectivity index (χ4n) is 1.56. The van der Waals surface area contributed by atoms with Crippen molar-refractivity contribution < 1.29 is 9.53 Å². The van der Waals surface area contributed by atoms with Gasteiger partial charge in [0.1, 0.15) is 6.61 Å². The minimum atomic E-state index is -0.0653. The fourth-order valence-corrected chi connectivity index (χ4v) is 1.56. The van der Waals surface area contributed by atoms with Crippen molar-refractivity contribution in [3.8, 4) is 0 Å². The van der Waals surface area contributed by atoms with E-state index in [1.165, 1.54) is 0 Å². The summed E-state index contributed by atoms with van der Waals surface area (Å²) in [5, 5.41) is 2.87. The van der Waals surface area contributed by atoms with Crippen molar-refractivity contribution >= 4 is 5.91 Å². The number of rotatable bonds is 1. The summed E-state index contributed by atoms with van der Waals surface area (Å²) in [6.07, 6.45) is 3.51. The number of carbonyl (C=O) groups excluding carboxylic acids is 1. The van der Waals surface area contributed by atoms with Crippen molar-refractivity contribution in [1.82, 2.24) is 10.3 Å². The number of hydrogen-bond acceptors (Lipinski definition) is 3. The number of carbonyl (C=O) groups is 1. The van der Waals surface area contributed by atoms with Gasteiger partial charge < -0.3 is 10.1 Å². The normalized spacial score (nSPS) is 21.8. The molecule has 0 aromatic carbocycles. The van der Waals surface area contributed by atoms with Crippen LogP contribution in [0.25, 0.3) is 0 Å². The van der Waals surface area contributed by atoms with E-state index >= 15 is 0 Å². The molecule has 1 aromatic heterocycles. The largest absolute Gasteiger partial charge is 0.369 e. The molecule has 2 heterocycles. The Labute approximate surface area is 82.3 Å². The molecule has 0 saturated carbocycles. The Morgan fingerprint density at radius 2 is 2.50 bits per heavy atom. The van der Waals surface area contributed by atoms with Gasteiger partial charge in [-0.3, -0.25) is 9.78 Å². The van der Waals surface area contributed by atoms with Gasteiger partial charge in [-0.15, -0.1) is 0 Å². The smallest absolute Gasteiger partial charge is 0.246 e. The van der Waals surface area contributed by atoms with Crippen LogP contribution < -0.4 is 5.32 Å². The van der Waals surface area contributed by atoms with Crippen molar-refractivity contribution in [2.75, 3.05) is 13.2 Å². The molecule has 4 nitrogen and oxygen atoms in total. The second-order valence-electron chi connectivity index (χ2n) is 3.37. The van der Waals surface area contributed by atoms with Crippen molar-refractivity contribution in [3.05, 3.63) is 29.6 Å². The molecule has 74 valence electrons. The third-order valence-corrected chi connectivity index (χ3v) is 2.31. The second kappa shape index (κ2) is 3.75. The second-order valence-corrected chi connectivity index (χ2v) is 3.37. The average Bonchev–Trinajstić information content (AvgIpc) is 2.18. The molecule has 1 aliphatic heterocycles. The highest BCUT2D eigenvalue weighted by molar-refractivity contribution is 5.78. The summed E-state index contributed by atoms with van der Waals surface area (Å²) in [4.78, 5) is 15.1. The summed E-state index contributed by atoms with van der Waals surface area (Å²) in [5.41, 5.74) is 2.15. The van der Waals surface area contributed by atoms with E-state index in [1.54, 1.807) is 12.4 Å². The lowest BCUT2D eigenvalue weighted by molar-refractivity contribution is -0.131. The van der Waals surface area contributed by atoms with Crippen molar-refractivity contribution in [2.45, 2.75) is 13.0 Å². The first-order valence-electron chi connectivity index (χ1n) is 4.55. The van der Waals surface area contributed by atoms with Gasteiger partial charge in [-0.1, -0.05) is 0 Å². The topological polar surface area (TPSA) is 51.2 Å². The monoisotopic (exact) mass is 192 g/mol. The van der Waals surface area contributed by atoms with E-state index < -0.39 is 0 Å². The van der Waals surface area contributed by atoms with Gasteiger partial charge in [0, 0.05) is 12.4 Å².